The molecule has 9 nitrogen and oxygen atoms in total. The summed E-state index contributed by atoms with van der Waals surface area (Å²) in [5, 5.41) is 9.17. The van der Waals surface area contributed by atoms with Crippen LogP contribution in [0.2, 0.25) is 10.0 Å². The molecule has 166 valence electrons. The highest BCUT2D eigenvalue weighted by Crippen LogP contribution is 2.39. The number of hydrogen-bond donors (Lipinski definition) is 2. The molecule has 0 spiro atoms. The molecule has 0 aliphatic carbocycles. The van der Waals surface area contributed by atoms with Crippen molar-refractivity contribution in [3.63, 3.8) is 0 Å². The summed E-state index contributed by atoms with van der Waals surface area (Å²) in [7, 11) is 0. The Bertz CT molecular complexity index is 1010. The van der Waals surface area contributed by atoms with E-state index in [-0.39, 0.29) is 17.6 Å². The number of halogens is 2. The first-order valence-electron chi connectivity index (χ1n) is 9.62. The van der Waals surface area contributed by atoms with Gasteiger partial charge in [-0.05, 0) is 57.5 Å². The molecule has 0 radical (unpaired) electrons. The Balaban J connectivity index is 2.06. The van der Waals surface area contributed by atoms with Crippen LogP contribution in [0.3, 0.4) is 0 Å². The van der Waals surface area contributed by atoms with Crippen molar-refractivity contribution < 1.29 is 14.3 Å². The second-order valence-corrected chi connectivity index (χ2v) is 8.92. The molecule has 11 heteroatoms. The number of anilines is 2. The third kappa shape index (κ3) is 5.00. The SMILES string of the molecule is CC(c1cc(Cl)ccc1Cl)N1CCN(C(=O)OC(C)(C)C)c2nnc(C(=O)NN)cc21. The molecule has 0 bridgehead atoms. The molecule has 1 aromatic heterocycles. The van der Waals surface area contributed by atoms with E-state index in [1.165, 1.54) is 11.0 Å². The number of carbonyl (C=O) groups excluding carboxylic acids is 2. The Morgan fingerprint density at radius 3 is 2.55 bits per heavy atom. The number of nitrogens with one attached hydrogen (secondary N) is 1. The monoisotopic (exact) mass is 466 g/mol. The van der Waals surface area contributed by atoms with Crippen molar-refractivity contribution >= 4 is 46.7 Å². The number of rotatable bonds is 3. The van der Waals surface area contributed by atoms with E-state index in [0.29, 0.717) is 28.8 Å². The zero-order valence-corrected chi connectivity index (χ0v) is 19.2. The van der Waals surface area contributed by atoms with Crippen molar-refractivity contribution in [2.45, 2.75) is 39.3 Å². The highest BCUT2D eigenvalue weighted by atomic mass is 35.5. The molecule has 1 atom stereocenters. The number of hydrogen-bond acceptors (Lipinski definition) is 7. The lowest BCUT2D eigenvalue weighted by molar-refractivity contribution is 0.0578. The highest BCUT2D eigenvalue weighted by Gasteiger charge is 2.35. The Morgan fingerprint density at radius 2 is 1.90 bits per heavy atom. The minimum absolute atomic E-state index is 0.0154. The summed E-state index contributed by atoms with van der Waals surface area (Å²) < 4.78 is 5.51. The van der Waals surface area contributed by atoms with E-state index in [0.717, 1.165) is 5.56 Å². The predicted octanol–water partition coefficient (Wildman–Crippen LogP) is 3.71. The number of nitrogen functional groups attached to an aromatic ring is 1. The maximum atomic E-state index is 12.8. The number of ether oxygens (including phenoxy) is 1. The third-order valence-corrected chi connectivity index (χ3v) is 5.32. The van der Waals surface area contributed by atoms with E-state index < -0.39 is 17.6 Å². The van der Waals surface area contributed by atoms with Crippen LogP contribution in [0.25, 0.3) is 0 Å². The van der Waals surface area contributed by atoms with E-state index >= 15 is 0 Å². The lowest BCUT2D eigenvalue weighted by Crippen LogP contribution is -2.47. The topological polar surface area (TPSA) is 114 Å². The molecule has 1 aliphatic rings. The van der Waals surface area contributed by atoms with Crippen LogP contribution in [0.5, 0.6) is 0 Å². The van der Waals surface area contributed by atoms with Gasteiger partial charge in [0.15, 0.2) is 11.5 Å². The van der Waals surface area contributed by atoms with Gasteiger partial charge in [0.1, 0.15) is 5.60 Å². The predicted molar refractivity (Wildman–Crippen MR) is 119 cm³/mol. The molecule has 0 saturated carbocycles. The van der Waals surface area contributed by atoms with Gasteiger partial charge in [0.05, 0.1) is 11.7 Å². The van der Waals surface area contributed by atoms with Crippen LogP contribution in [0, 0.1) is 0 Å². The van der Waals surface area contributed by atoms with E-state index in [4.69, 9.17) is 33.8 Å². The first-order chi connectivity index (χ1) is 14.5. The summed E-state index contributed by atoms with van der Waals surface area (Å²) in [5.74, 6) is 4.93. The van der Waals surface area contributed by atoms with Gasteiger partial charge in [-0.2, -0.15) is 0 Å². The molecule has 0 fully saturated rings. The summed E-state index contributed by atoms with van der Waals surface area (Å²) in [5.41, 5.74) is 2.70. The Labute approximate surface area is 190 Å². The fourth-order valence-corrected chi connectivity index (χ4v) is 3.75. The second-order valence-electron chi connectivity index (χ2n) is 8.08. The van der Waals surface area contributed by atoms with E-state index in [9.17, 15) is 9.59 Å². The molecule has 2 heterocycles. The molecule has 3 rings (SSSR count). The van der Waals surface area contributed by atoms with Crippen LogP contribution in [0.15, 0.2) is 24.3 Å². The van der Waals surface area contributed by atoms with Crippen LogP contribution in [0.4, 0.5) is 16.3 Å². The second kappa shape index (κ2) is 8.86. The number of aromatic nitrogens is 2. The quantitative estimate of drug-likeness (QED) is 0.402. The number of nitrogens with zero attached hydrogens (tertiary/aromatic N) is 4. The largest absolute Gasteiger partial charge is 0.443 e. The van der Waals surface area contributed by atoms with Gasteiger partial charge in [-0.25, -0.2) is 10.6 Å². The molecule has 1 unspecified atom stereocenters. The van der Waals surface area contributed by atoms with Crippen molar-refractivity contribution in [3.8, 4) is 0 Å². The number of amides is 2. The number of carbonyl (C=O) groups is 2. The number of nitrogens with two attached hydrogens (primary N) is 1. The fourth-order valence-electron chi connectivity index (χ4n) is 3.30. The summed E-state index contributed by atoms with van der Waals surface area (Å²) in [4.78, 5) is 28.2. The van der Waals surface area contributed by atoms with Crippen LogP contribution >= 0.6 is 23.2 Å². The zero-order valence-electron chi connectivity index (χ0n) is 17.6. The Hall–Kier alpha value is -2.62. The number of benzene rings is 1. The molecular formula is C20H24Cl2N6O3. The Kier molecular flexibility index (Phi) is 6.59. The van der Waals surface area contributed by atoms with Gasteiger partial charge in [0.25, 0.3) is 5.91 Å². The normalized spacial score (nSPS) is 14.7. The molecule has 1 aliphatic heterocycles. The average Bonchev–Trinajstić information content (AvgIpc) is 2.71. The van der Waals surface area contributed by atoms with Crippen molar-refractivity contribution in [1.29, 1.82) is 0 Å². The maximum Gasteiger partial charge on any atom is 0.416 e. The van der Waals surface area contributed by atoms with E-state index in [2.05, 4.69) is 10.2 Å². The van der Waals surface area contributed by atoms with Gasteiger partial charge < -0.3 is 9.64 Å². The van der Waals surface area contributed by atoms with Crippen LogP contribution in [-0.4, -0.2) is 40.9 Å². The van der Waals surface area contributed by atoms with Crippen LogP contribution in [0.1, 0.15) is 49.8 Å². The summed E-state index contributed by atoms with van der Waals surface area (Å²) in [6.45, 7) is 8.05. The highest BCUT2D eigenvalue weighted by molar-refractivity contribution is 6.33. The van der Waals surface area contributed by atoms with Crippen molar-refractivity contribution in [1.82, 2.24) is 15.6 Å². The van der Waals surface area contributed by atoms with E-state index in [1.807, 2.05) is 17.2 Å². The summed E-state index contributed by atoms with van der Waals surface area (Å²) in [6, 6.07) is 6.53. The summed E-state index contributed by atoms with van der Waals surface area (Å²) >= 11 is 12.6. The molecule has 0 saturated heterocycles. The van der Waals surface area contributed by atoms with Crippen molar-refractivity contribution in [3.05, 3.63) is 45.6 Å². The molecule has 2 amide bonds. The van der Waals surface area contributed by atoms with Gasteiger partial charge in [-0.15, -0.1) is 10.2 Å². The average molecular weight is 467 g/mol. The fraction of sp³-hybridized carbons (Fsp3) is 0.400. The van der Waals surface area contributed by atoms with Crippen molar-refractivity contribution in [2.75, 3.05) is 22.9 Å². The van der Waals surface area contributed by atoms with Gasteiger partial charge in [-0.1, -0.05) is 23.2 Å². The lowest BCUT2D eigenvalue weighted by atomic mass is 10.0. The molecular weight excluding hydrogens is 443 g/mol. The van der Waals surface area contributed by atoms with Gasteiger partial charge in [0, 0.05) is 23.1 Å². The maximum absolute atomic E-state index is 12.8. The van der Waals surface area contributed by atoms with Crippen molar-refractivity contribution in [2.24, 2.45) is 5.84 Å². The van der Waals surface area contributed by atoms with Gasteiger partial charge >= 0.3 is 6.09 Å². The molecule has 3 N–H and O–H groups in total. The number of fused-ring (bicyclic) bond motifs is 1. The van der Waals surface area contributed by atoms with Crippen LogP contribution in [-0.2, 0) is 4.74 Å². The number of hydrazine groups is 1. The van der Waals surface area contributed by atoms with E-state index in [1.54, 1.807) is 39.0 Å². The minimum atomic E-state index is -0.678. The molecule has 2 aromatic rings. The smallest absolute Gasteiger partial charge is 0.416 e. The molecule has 1 aromatic carbocycles. The lowest BCUT2D eigenvalue weighted by Gasteiger charge is -2.40. The third-order valence-electron chi connectivity index (χ3n) is 4.74. The zero-order chi connectivity index (χ0) is 22.9. The van der Waals surface area contributed by atoms with Gasteiger partial charge in [-0.3, -0.25) is 15.1 Å². The Morgan fingerprint density at radius 1 is 1.19 bits per heavy atom. The first kappa shape index (κ1) is 23.1. The van der Waals surface area contributed by atoms with Gasteiger partial charge in [0.2, 0.25) is 0 Å². The standard InChI is InChI=1S/C20H24Cl2N6O3/c1-11(13-9-12(21)5-6-14(13)22)27-7-8-28(19(30)31-20(2,3)4)17-16(27)10-15(25-26-17)18(29)24-23/h5-6,9-11H,7-8,23H2,1-4H3,(H,24,29). The first-order valence-corrected chi connectivity index (χ1v) is 10.4. The minimum Gasteiger partial charge on any atom is -0.443 e. The summed E-state index contributed by atoms with van der Waals surface area (Å²) in [6.07, 6.45) is -0.549. The van der Waals surface area contributed by atoms with Crippen LogP contribution < -0.4 is 21.1 Å². The molecule has 31 heavy (non-hydrogen) atoms.